The maximum absolute atomic E-state index is 12.3. The Hall–Kier alpha value is -2.88. The molecule has 4 atom stereocenters. The van der Waals surface area contributed by atoms with Crippen molar-refractivity contribution in [2.45, 2.75) is 59.0 Å². The third kappa shape index (κ3) is 6.06. The van der Waals surface area contributed by atoms with Crippen LogP contribution in [0.5, 0.6) is 0 Å². The molecule has 1 N–H and O–H groups in total. The third-order valence-corrected chi connectivity index (χ3v) is 4.74. The fraction of sp³-hybridized carbons (Fsp3) is 0.619. The second kappa shape index (κ2) is 9.95. The second-order valence-corrected chi connectivity index (χ2v) is 7.92. The van der Waals surface area contributed by atoms with Gasteiger partial charge in [-0.2, -0.15) is 0 Å². The van der Waals surface area contributed by atoms with E-state index in [1.807, 2.05) is 13.8 Å². The molecule has 4 unspecified atom stereocenters. The molecule has 172 valence electrons. The highest BCUT2D eigenvalue weighted by Gasteiger charge is 2.59. The predicted octanol–water partition coefficient (Wildman–Crippen LogP) is 1.16. The minimum absolute atomic E-state index is 0.0264. The van der Waals surface area contributed by atoms with Gasteiger partial charge in [0.15, 0.2) is 11.7 Å². The number of carbonyl (C=O) groups excluding carboxylic acids is 4. The molecule has 0 fully saturated rings. The molecule has 31 heavy (non-hydrogen) atoms. The van der Waals surface area contributed by atoms with Crippen molar-refractivity contribution >= 4 is 23.9 Å². The Morgan fingerprint density at radius 2 is 1.71 bits per heavy atom. The summed E-state index contributed by atoms with van der Waals surface area (Å²) in [5.41, 5.74) is -1.20. The number of ether oxygens (including phenoxy) is 5. The quantitative estimate of drug-likeness (QED) is 0.433. The monoisotopic (exact) mass is 440 g/mol. The first-order valence-corrected chi connectivity index (χ1v) is 9.86. The lowest BCUT2D eigenvalue weighted by Crippen LogP contribution is -2.55. The molecule has 1 aliphatic heterocycles. The van der Waals surface area contributed by atoms with E-state index < -0.39 is 54.4 Å². The summed E-state index contributed by atoms with van der Waals surface area (Å²) in [7, 11) is 0. The Balaban J connectivity index is 2.43. The van der Waals surface area contributed by atoms with Gasteiger partial charge in [-0.3, -0.25) is 19.2 Å². The fourth-order valence-electron chi connectivity index (χ4n) is 3.45. The van der Waals surface area contributed by atoms with Crippen LogP contribution in [-0.2, 0) is 42.9 Å². The van der Waals surface area contributed by atoms with E-state index in [4.69, 9.17) is 23.7 Å². The molecule has 0 spiro atoms. The summed E-state index contributed by atoms with van der Waals surface area (Å²) in [4.78, 5) is 46.6. The Morgan fingerprint density at radius 1 is 1.06 bits per heavy atom. The van der Waals surface area contributed by atoms with Crippen LogP contribution in [0.2, 0.25) is 0 Å². The van der Waals surface area contributed by atoms with E-state index in [-0.39, 0.29) is 18.9 Å². The average Bonchev–Trinajstić information content (AvgIpc) is 2.91. The van der Waals surface area contributed by atoms with Crippen molar-refractivity contribution < 1.29 is 48.0 Å². The highest BCUT2D eigenvalue weighted by atomic mass is 16.7. The van der Waals surface area contributed by atoms with Gasteiger partial charge in [0, 0.05) is 32.8 Å². The maximum atomic E-state index is 12.3. The third-order valence-electron chi connectivity index (χ3n) is 4.74. The topological polar surface area (TPSA) is 135 Å². The molecule has 0 saturated carbocycles. The van der Waals surface area contributed by atoms with Crippen LogP contribution in [0.15, 0.2) is 23.5 Å². The highest BCUT2D eigenvalue weighted by molar-refractivity contribution is 5.70. The molecule has 2 rings (SSSR count). The van der Waals surface area contributed by atoms with E-state index in [2.05, 4.69) is 0 Å². The van der Waals surface area contributed by atoms with E-state index in [0.29, 0.717) is 11.1 Å². The van der Waals surface area contributed by atoms with Gasteiger partial charge in [-0.1, -0.05) is 13.8 Å². The summed E-state index contributed by atoms with van der Waals surface area (Å²) in [6.45, 7) is 6.52. The zero-order valence-corrected chi connectivity index (χ0v) is 18.2. The van der Waals surface area contributed by atoms with Gasteiger partial charge in [-0.15, -0.1) is 0 Å². The lowest BCUT2D eigenvalue weighted by Gasteiger charge is -2.40. The van der Waals surface area contributed by atoms with E-state index in [0.717, 1.165) is 6.92 Å². The lowest BCUT2D eigenvalue weighted by atomic mass is 9.82. The van der Waals surface area contributed by atoms with E-state index in [1.54, 1.807) is 0 Å². The zero-order valence-electron chi connectivity index (χ0n) is 18.2. The molecule has 10 nitrogen and oxygen atoms in total. The fourth-order valence-corrected chi connectivity index (χ4v) is 3.45. The summed E-state index contributed by atoms with van der Waals surface area (Å²) in [6.07, 6.45) is 0.334. The molecule has 0 aromatic rings. The predicted molar refractivity (Wildman–Crippen MR) is 104 cm³/mol. The Kier molecular flexibility index (Phi) is 7.83. The van der Waals surface area contributed by atoms with Crippen LogP contribution in [0.1, 0.15) is 41.0 Å². The minimum atomic E-state index is -1.98. The van der Waals surface area contributed by atoms with Crippen LogP contribution in [0.25, 0.3) is 0 Å². The van der Waals surface area contributed by atoms with Gasteiger partial charge in [-0.05, 0) is 17.6 Å². The van der Waals surface area contributed by atoms with Gasteiger partial charge in [0.2, 0.25) is 0 Å². The molecule has 0 amide bonds. The van der Waals surface area contributed by atoms with E-state index >= 15 is 0 Å². The Labute approximate surface area is 180 Å². The standard InChI is InChI=1S/C21H28O10/c1-11(2)6-18(25)31-20-19-16(15(9-28-20)8-27-12(3)22)7-17(30-14(5)24)21(19,26)10-29-13(4)23/h7,9,11,17,19-20,26H,6,8,10H2,1-5H3. The number of hydrogen-bond donors (Lipinski definition) is 1. The maximum Gasteiger partial charge on any atom is 0.309 e. The molecule has 0 radical (unpaired) electrons. The number of fused-ring (bicyclic) bond motifs is 1. The van der Waals surface area contributed by atoms with Crippen LogP contribution in [0, 0.1) is 11.8 Å². The average molecular weight is 440 g/mol. The van der Waals surface area contributed by atoms with Gasteiger partial charge >= 0.3 is 23.9 Å². The highest BCUT2D eigenvalue weighted by Crippen LogP contribution is 2.47. The molecule has 10 heteroatoms. The number of hydrogen-bond acceptors (Lipinski definition) is 10. The number of rotatable bonds is 8. The van der Waals surface area contributed by atoms with Gasteiger partial charge in [-0.25, -0.2) is 0 Å². The summed E-state index contributed by atoms with van der Waals surface area (Å²) in [5.74, 6) is -3.47. The first kappa shape index (κ1) is 24.4. The van der Waals surface area contributed by atoms with Crippen molar-refractivity contribution in [2.24, 2.45) is 11.8 Å². The van der Waals surface area contributed by atoms with Crippen molar-refractivity contribution in [1.82, 2.24) is 0 Å². The molecule has 0 aromatic heterocycles. The first-order valence-electron chi connectivity index (χ1n) is 9.86. The Bertz CT molecular complexity index is 796. The second-order valence-electron chi connectivity index (χ2n) is 7.92. The minimum Gasteiger partial charge on any atom is -0.463 e. The van der Waals surface area contributed by atoms with Crippen molar-refractivity contribution in [3.63, 3.8) is 0 Å². The number of carbonyl (C=O) groups is 4. The van der Waals surface area contributed by atoms with Crippen molar-refractivity contribution in [3.8, 4) is 0 Å². The van der Waals surface area contributed by atoms with E-state index in [1.165, 1.54) is 26.2 Å². The summed E-state index contributed by atoms with van der Waals surface area (Å²) < 4.78 is 26.3. The summed E-state index contributed by atoms with van der Waals surface area (Å²) >= 11 is 0. The molecule has 0 aromatic carbocycles. The number of aliphatic hydroxyl groups is 1. The molecule has 1 aliphatic carbocycles. The SMILES string of the molecule is CC(=O)OCC1=COC(OC(=O)CC(C)C)C2C1=CC(OC(C)=O)C2(O)COC(C)=O. The number of esters is 4. The van der Waals surface area contributed by atoms with E-state index in [9.17, 15) is 24.3 Å². The molecule has 1 heterocycles. The van der Waals surface area contributed by atoms with Crippen molar-refractivity contribution in [2.75, 3.05) is 13.2 Å². The smallest absolute Gasteiger partial charge is 0.309 e. The molecular weight excluding hydrogens is 412 g/mol. The van der Waals surface area contributed by atoms with Crippen LogP contribution in [0.3, 0.4) is 0 Å². The molecule has 2 aliphatic rings. The van der Waals surface area contributed by atoms with Gasteiger partial charge in [0.05, 0.1) is 12.2 Å². The normalized spacial score (nSPS) is 26.7. The van der Waals surface area contributed by atoms with Gasteiger partial charge in [0.25, 0.3) is 6.29 Å². The van der Waals surface area contributed by atoms with Crippen LogP contribution >= 0.6 is 0 Å². The molecule has 0 bridgehead atoms. The largest absolute Gasteiger partial charge is 0.463 e. The van der Waals surface area contributed by atoms with Gasteiger partial charge in [0.1, 0.15) is 13.2 Å². The zero-order chi connectivity index (χ0) is 23.3. The Morgan fingerprint density at radius 3 is 2.26 bits per heavy atom. The van der Waals surface area contributed by atoms with Crippen LogP contribution in [0.4, 0.5) is 0 Å². The van der Waals surface area contributed by atoms with Crippen molar-refractivity contribution in [1.29, 1.82) is 0 Å². The van der Waals surface area contributed by atoms with Crippen molar-refractivity contribution in [3.05, 3.63) is 23.5 Å². The summed E-state index contributed by atoms with van der Waals surface area (Å²) in [6, 6.07) is 0. The first-order chi connectivity index (χ1) is 14.4. The van der Waals surface area contributed by atoms with Crippen LogP contribution < -0.4 is 0 Å². The van der Waals surface area contributed by atoms with Crippen LogP contribution in [-0.4, -0.2) is 60.2 Å². The molecule has 0 saturated heterocycles. The molecular formula is C21H28O10. The van der Waals surface area contributed by atoms with Gasteiger partial charge < -0.3 is 28.8 Å². The summed E-state index contributed by atoms with van der Waals surface area (Å²) in [5, 5.41) is 11.5. The lowest BCUT2D eigenvalue weighted by molar-refractivity contribution is -0.217.